The molecule has 1 aromatic heterocycles. The van der Waals surface area contributed by atoms with Crippen LogP contribution in [0.15, 0.2) is 24.5 Å². The molecular formula is C14H17N3O2. The molecule has 0 radical (unpaired) electrons. The Kier molecular flexibility index (Phi) is 3.21. The summed E-state index contributed by atoms with van der Waals surface area (Å²) in [5.41, 5.74) is 2.37. The lowest BCUT2D eigenvalue weighted by molar-refractivity contribution is 0.0503. The van der Waals surface area contributed by atoms with Crippen LogP contribution in [0.3, 0.4) is 0 Å². The van der Waals surface area contributed by atoms with E-state index in [4.69, 9.17) is 0 Å². The minimum Gasteiger partial charge on any atom is -0.394 e. The van der Waals surface area contributed by atoms with E-state index in [1.54, 1.807) is 17.3 Å². The SMILES string of the molecule is O=C(c1ccc2nc[nH]c2c1)N1CCCCC1CO. The van der Waals surface area contributed by atoms with E-state index < -0.39 is 0 Å². The number of aromatic amines is 1. The van der Waals surface area contributed by atoms with Crippen molar-refractivity contribution in [3.05, 3.63) is 30.1 Å². The summed E-state index contributed by atoms with van der Waals surface area (Å²) in [6.45, 7) is 0.767. The Bertz CT molecular complexity index is 593. The Morgan fingerprint density at radius 2 is 2.37 bits per heavy atom. The van der Waals surface area contributed by atoms with Crippen molar-refractivity contribution in [2.24, 2.45) is 0 Å². The van der Waals surface area contributed by atoms with E-state index >= 15 is 0 Å². The zero-order chi connectivity index (χ0) is 13.2. The lowest BCUT2D eigenvalue weighted by atomic mass is 10.0. The van der Waals surface area contributed by atoms with Gasteiger partial charge in [0.15, 0.2) is 0 Å². The molecule has 2 aromatic rings. The number of piperidine rings is 1. The summed E-state index contributed by atoms with van der Waals surface area (Å²) < 4.78 is 0. The highest BCUT2D eigenvalue weighted by molar-refractivity contribution is 5.97. The molecule has 1 aliphatic heterocycles. The second-order valence-electron chi connectivity index (χ2n) is 4.97. The van der Waals surface area contributed by atoms with Crippen molar-refractivity contribution in [3.63, 3.8) is 0 Å². The molecule has 1 fully saturated rings. The van der Waals surface area contributed by atoms with Crippen molar-refractivity contribution in [1.82, 2.24) is 14.9 Å². The highest BCUT2D eigenvalue weighted by Gasteiger charge is 2.26. The first-order chi connectivity index (χ1) is 9.29. The van der Waals surface area contributed by atoms with Gasteiger partial charge in [0.05, 0.1) is 30.0 Å². The Morgan fingerprint density at radius 3 is 3.21 bits per heavy atom. The number of carbonyl (C=O) groups excluding carboxylic acids is 1. The molecule has 5 nitrogen and oxygen atoms in total. The van der Waals surface area contributed by atoms with Crippen LogP contribution in [0.2, 0.25) is 0 Å². The van der Waals surface area contributed by atoms with Crippen molar-refractivity contribution in [1.29, 1.82) is 0 Å². The second kappa shape index (κ2) is 5.01. The van der Waals surface area contributed by atoms with Gasteiger partial charge in [0.2, 0.25) is 0 Å². The molecule has 2 N–H and O–H groups in total. The van der Waals surface area contributed by atoms with Crippen LogP contribution in [-0.2, 0) is 0 Å². The van der Waals surface area contributed by atoms with Gasteiger partial charge in [-0.3, -0.25) is 4.79 Å². The van der Waals surface area contributed by atoms with E-state index in [2.05, 4.69) is 9.97 Å². The molecule has 3 rings (SSSR count). The summed E-state index contributed by atoms with van der Waals surface area (Å²) >= 11 is 0. The first-order valence-corrected chi connectivity index (χ1v) is 6.64. The Labute approximate surface area is 111 Å². The van der Waals surface area contributed by atoms with Crippen LogP contribution in [0.5, 0.6) is 0 Å². The number of amides is 1. The first kappa shape index (κ1) is 12.2. The van der Waals surface area contributed by atoms with Crippen molar-refractivity contribution in [3.8, 4) is 0 Å². The zero-order valence-corrected chi connectivity index (χ0v) is 10.7. The third-order valence-corrected chi connectivity index (χ3v) is 3.77. The maximum Gasteiger partial charge on any atom is 0.254 e. The molecule has 0 spiro atoms. The molecule has 1 aromatic carbocycles. The number of aliphatic hydroxyl groups is 1. The highest BCUT2D eigenvalue weighted by Crippen LogP contribution is 2.20. The minimum atomic E-state index is -0.0429. The molecule has 0 aliphatic carbocycles. The fourth-order valence-corrected chi connectivity index (χ4v) is 2.69. The number of hydrogen-bond donors (Lipinski definition) is 2. The maximum atomic E-state index is 12.5. The van der Waals surface area contributed by atoms with Gasteiger partial charge in [0.1, 0.15) is 0 Å². The van der Waals surface area contributed by atoms with Crippen LogP contribution in [0.4, 0.5) is 0 Å². The van der Waals surface area contributed by atoms with Crippen molar-refractivity contribution in [2.75, 3.05) is 13.2 Å². The van der Waals surface area contributed by atoms with E-state index in [1.807, 2.05) is 12.1 Å². The van der Waals surface area contributed by atoms with Gasteiger partial charge in [-0.25, -0.2) is 4.98 Å². The number of hydrogen-bond acceptors (Lipinski definition) is 3. The average molecular weight is 259 g/mol. The molecule has 5 heteroatoms. The summed E-state index contributed by atoms with van der Waals surface area (Å²) in [6.07, 6.45) is 4.59. The van der Waals surface area contributed by atoms with Gasteiger partial charge in [0, 0.05) is 12.1 Å². The van der Waals surface area contributed by atoms with Gasteiger partial charge in [-0.15, -0.1) is 0 Å². The number of imidazole rings is 1. The van der Waals surface area contributed by atoms with Gasteiger partial charge < -0.3 is 15.0 Å². The molecule has 1 unspecified atom stereocenters. The summed E-state index contributed by atoms with van der Waals surface area (Å²) in [6, 6.07) is 5.43. The van der Waals surface area contributed by atoms with Crippen LogP contribution in [-0.4, -0.2) is 45.1 Å². The van der Waals surface area contributed by atoms with Crippen molar-refractivity contribution in [2.45, 2.75) is 25.3 Å². The summed E-state index contributed by atoms with van der Waals surface area (Å²) in [5, 5.41) is 9.39. The van der Waals surface area contributed by atoms with Gasteiger partial charge in [-0.05, 0) is 37.5 Å². The Morgan fingerprint density at radius 1 is 1.47 bits per heavy atom. The monoisotopic (exact) mass is 259 g/mol. The normalized spacial score (nSPS) is 19.8. The number of nitrogens with zero attached hydrogens (tertiary/aromatic N) is 2. The number of likely N-dealkylation sites (tertiary alicyclic amines) is 1. The van der Waals surface area contributed by atoms with Gasteiger partial charge >= 0.3 is 0 Å². The first-order valence-electron chi connectivity index (χ1n) is 6.64. The quantitative estimate of drug-likeness (QED) is 0.859. The number of benzene rings is 1. The number of fused-ring (bicyclic) bond motifs is 1. The van der Waals surface area contributed by atoms with E-state index in [9.17, 15) is 9.90 Å². The fourth-order valence-electron chi connectivity index (χ4n) is 2.69. The molecule has 19 heavy (non-hydrogen) atoms. The van der Waals surface area contributed by atoms with Gasteiger partial charge in [-0.2, -0.15) is 0 Å². The molecule has 1 amide bonds. The number of carbonyl (C=O) groups is 1. The zero-order valence-electron chi connectivity index (χ0n) is 10.7. The number of aromatic nitrogens is 2. The van der Waals surface area contributed by atoms with Crippen molar-refractivity contribution < 1.29 is 9.90 Å². The Balaban J connectivity index is 1.89. The predicted molar refractivity (Wildman–Crippen MR) is 71.9 cm³/mol. The molecule has 100 valence electrons. The van der Waals surface area contributed by atoms with E-state index in [-0.39, 0.29) is 18.6 Å². The topological polar surface area (TPSA) is 69.2 Å². The average Bonchev–Trinajstić information content (AvgIpc) is 2.93. The molecule has 0 bridgehead atoms. The van der Waals surface area contributed by atoms with E-state index in [0.717, 1.165) is 36.8 Å². The minimum absolute atomic E-state index is 0.00440. The third-order valence-electron chi connectivity index (χ3n) is 3.77. The van der Waals surface area contributed by atoms with Crippen LogP contribution in [0, 0.1) is 0 Å². The third kappa shape index (κ3) is 2.21. The lowest BCUT2D eigenvalue weighted by Crippen LogP contribution is -2.45. The predicted octanol–water partition coefficient (Wildman–Crippen LogP) is 1.55. The van der Waals surface area contributed by atoms with E-state index in [0.29, 0.717) is 5.56 Å². The summed E-state index contributed by atoms with van der Waals surface area (Å²) in [7, 11) is 0. The number of aliphatic hydroxyl groups excluding tert-OH is 1. The maximum absolute atomic E-state index is 12.5. The number of rotatable bonds is 2. The van der Waals surface area contributed by atoms with Crippen molar-refractivity contribution >= 4 is 16.9 Å². The Hall–Kier alpha value is -1.88. The molecular weight excluding hydrogens is 242 g/mol. The summed E-state index contributed by atoms with van der Waals surface area (Å²) in [4.78, 5) is 21.5. The standard InChI is InChI=1S/C14H17N3O2/c18-8-11-3-1-2-6-17(11)14(19)10-4-5-12-13(7-10)16-9-15-12/h4-5,7,9,11,18H,1-3,6,8H2,(H,15,16). The highest BCUT2D eigenvalue weighted by atomic mass is 16.3. The fraction of sp³-hybridized carbons (Fsp3) is 0.429. The number of nitrogens with one attached hydrogen (secondary N) is 1. The largest absolute Gasteiger partial charge is 0.394 e. The van der Waals surface area contributed by atoms with Gasteiger partial charge in [-0.1, -0.05) is 0 Å². The number of H-pyrrole nitrogens is 1. The molecule has 1 atom stereocenters. The van der Waals surface area contributed by atoms with Gasteiger partial charge in [0.25, 0.3) is 5.91 Å². The lowest BCUT2D eigenvalue weighted by Gasteiger charge is -2.34. The van der Waals surface area contributed by atoms with Crippen LogP contribution >= 0.6 is 0 Å². The molecule has 2 heterocycles. The molecule has 1 saturated heterocycles. The van der Waals surface area contributed by atoms with Crippen LogP contribution in [0.1, 0.15) is 29.6 Å². The smallest absolute Gasteiger partial charge is 0.254 e. The van der Waals surface area contributed by atoms with Crippen LogP contribution in [0.25, 0.3) is 11.0 Å². The molecule has 1 aliphatic rings. The second-order valence-corrected chi connectivity index (χ2v) is 4.97. The molecule has 0 saturated carbocycles. The summed E-state index contributed by atoms with van der Waals surface area (Å²) in [5.74, 6) is -0.00440. The van der Waals surface area contributed by atoms with E-state index in [1.165, 1.54) is 0 Å². The van der Waals surface area contributed by atoms with Crippen LogP contribution < -0.4 is 0 Å².